The van der Waals surface area contributed by atoms with E-state index in [2.05, 4.69) is 52.7 Å². The molecule has 0 radical (unpaired) electrons. The second kappa shape index (κ2) is 9.62. The van der Waals surface area contributed by atoms with Gasteiger partial charge < -0.3 is 14.6 Å². The van der Waals surface area contributed by atoms with Crippen molar-refractivity contribution in [3.05, 3.63) is 58.4 Å². The summed E-state index contributed by atoms with van der Waals surface area (Å²) < 4.78 is 5.65. The smallest absolute Gasteiger partial charge is 0.197 e. The number of benzene rings is 1. The molecule has 1 N–H and O–H groups in total. The largest absolute Gasteiger partial charge is 0.379 e. The Hall–Kier alpha value is -3.03. The number of carbonyl (C=O) groups is 1. The first-order valence-electron chi connectivity index (χ1n) is 14.1. The molecule has 2 aromatic heterocycles. The Morgan fingerprint density at radius 1 is 1.13 bits per heavy atom. The van der Waals surface area contributed by atoms with Gasteiger partial charge in [-0.1, -0.05) is 39.3 Å². The summed E-state index contributed by atoms with van der Waals surface area (Å²) in [5.74, 6) is 1.04. The molecule has 6 rings (SSSR count). The second-order valence-corrected chi connectivity index (χ2v) is 11.7. The molecule has 7 heteroatoms. The maximum absolute atomic E-state index is 13.8. The van der Waals surface area contributed by atoms with E-state index < -0.39 is 0 Å². The van der Waals surface area contributed by atoms with Crippen LogP contribution in [-0.4, -0.2) is 78.8 Å². The minimum atomic E-state index is -0.343. The van der Waals surface area contributed by atoms with E-state index in [-0.39, 0.29) is 16.7 Å². The number of hydrogen-bond acceptors (Lipinski definition) is 6. The van der Waals surface area contributed by atoms with Gasteiger partial charge in [0.1, 0.15) is 5.82 Å². The van der Waals surface area contributed by atoms with Crippen molar-refractivity contribution in [2.24, 2.45) is 4.99 Å². The van der Waals surface area contributed by atoms with Crippen molar-refractivity contribution in [3.8, 4) is 0 Å². The van der Waals surface area contributed by atoms with Crippen LogP contribution >= 0.6 is 0 Å². The lowest BCUT2D eigenvalue weighted by atomic mass is 9.72. The zero-order chi connectivity index (χ0) is 26.5. The van der Waals surface area contributed by atoms with Gasteiger partial charge in [-0.05, 0) is 42.5 Å². The highest BCUT2D eigenvalue weighted by molar-refractivity contribution is 6.20. The fraction of sp³-hybridized carbons (Fsp3) is 0.516. The molecular formula is C31H39N5O2. The van der Waals surface area contributed by atoms with Crippen LogP contribution in [-0.2, 0) is 10.2 Å². The molecule has 0 saturated carbocycles. The van der Waals surface area contributed by atoms with Gasteiger partial charge in [-0.3, -0.25) is 14.7 Å². The predicted octanol–water partition coefficient (Wildman–Crippen LogP) is 4.95. The number of nitrogens with one attached hydrogen (secondary N) is 1. The molecule has 38 heavy (non-hydrogen) atoms. The molecule has 1 aliphatic carbocycles. The van der Waals surface area contributed by atoms with Crippen LogP contribution in [0.5, 0.6) is 0 Å². The van der Waals surface area contributed by atoms with Crippen molar-refractivity contribution in [1.82, 2.24) is 14.9 Å². The SMILES string of the molecule is CCCC1(N2CCOCC2)CCN(c2cc3c(cn2)C(=O)c2c([nH]c4cc(/C=N/C)ccc24)C3(C)C)CC1. The van der Waals surface area contributed by atoms with Gasteiger partial charge in [0.25, 0.3) is 0 Å². The fourth-order valence-corrected chi connectivity index (χ4v) is 7.11. The van der Waals surface area contributed by atoms with E-state index in [1.807, 2.05) is 24.5 Å². The molecule has 1 aromatic carbocycles. The van der Waals surface area contributed by atoms with E-state index >= 15 is 0 Å². The van der Waals surface area contributed by atoms with E-state index in [4.69, 9.17) is 9.72 Å². The monoisotopic (exact) mass is 513 g/mol. The second-order valence-electron chi connectivity index (χ2n) is 11.7. The topological polar surface area (TPSA) is 73.8 Å². The number of H-pyrrole nitrogens is 1. The van der Waals surface area contributed by atoms with Gasteiger partial charge in [-0.25, -0.2) is 4.98 Å². The summed E-state index contributed by atoms with van der Waals surface area (Å²) in [5, 5.41) is 0.965. The lowest BCUT2D eigenvalue weighted by Gasteiger charge is -2.50. The third-order valence-corrected chi connectivity index (χ3v) is 9.18. The summed E-state index contributed by atoms with van der Waals surface area (Å²) >= 11 is 0. The van der Waals surface area contributed by atoms with Crippen LogP contribution in [0.4, 0.5) is 5.82 Å². The van der Waals surface area contributed by atoms with Crippen LogP contribution in [0.2, 0.25) is 0 Å². The number of piperidine rings is 1. The number of nitrogens with zero attached hydrogens (tertiary/aromatic N) is 4. The average molecular weight is 514 g/mol. The van der Waals surface area contributed by atoms with Crippen molar-refractivity contribution in [2.45, 2.75) is 57.4 Å². The number of ether oxygens (including phenoxy) is 1. The number of aromatic amines is 1. The minimum absolute atomic E-state index is 0.0597. The number of anilines is 1. The van der Waals surface area contributed by atoms with Crippen LogP contribution < -0.4 is 4.90 Å². The maximum atomic E-state index is 13.8. The van der Waals surface area contributed by atoms with Crippen molar-refractivity contribution >= 4 is 28.7 Å². The molecular weight excluding hydrogens is 474 g/mol. The number of fused-ring (bicyclic) bond motifs is 4. The molecule has 0 unspecified atom stereocenters. The lowest BCUT2D eigenvalue weighted by molar-refractivity contribution is -0.0362. The van der Waals surface area contributed by atoms with Crippen molar-refractivity contribution in [3.63, 3.8) is 0 Å². The Bertz CT molecular complexity index is 1390. The summed E-state index contributed by atoms with van der Waals surface area (Å²) in [6, 6.07) is 8.31. The molecule has 0 bridgehead atoms. The van der Waals surface area contributed by atoms with Gasteiger partial charge in [0.15, 0.2) is 5.78 Å². The van der Waals surface area contributed by atoms with Crippen LogP contribution in [0, 0.1) is 0 Å². The van der Waals surface area contributed by atoms with E-state index in [9.17, 15) is 4.79 Å². The Kier molecular flexibility index (Phi) is 6.39. The normalized spacial score (nSPS) is 21.2. The highest BCUT2D eigenvalue weighted by Crippen LogP contribution is 2.45. The maximum Gasteiger partial charge on any atom is 0.197 e. The molecule has 2 saturated heterocycles. The Morgan fingerprint density at radius 2 is 1.89 bits per heavy atom. The number of aliphatic imine (C=N–C) groups is 1. The number of morpholine rings is 1. The van der Waals surface area contributed by atoms with E-state index in [0.29, 0.717) is 0 Å². The Balaban J connectivity index is 1.31. The van der Waals surface area contributed by atoms with Crippen LogP contribution in [0.15, 0.2) is 35.5 Å². The number of pyridine rings is 1. The molecule has 0 amide bonds. The Labute approximate surface area is 225 Å². The first kappa shape index (κ1) is 25.3. The van der Waals surface area contributed by atoms with Crippen LogP contribution in [0.3, 0.4) is 0 Å². The first-order chi connectivity index (χ1) is 18.4. The number of carbonyl (C=O) groups excluding carboxylic acids is 1. The predicted molar refractivity (Wildman–Crippen MR) is 153 cm³/mol. The Morgan fingerprint density at radius 3 is 2.61 bits per heavy atom. The first-order valence-corrected chi connectivity index (χ1v) is 14.1. The van der Waals surface area contributed by atoms with Crippen molar-refractivity contribution < 1.29 is 9.53 Å². The molecule has 7 nitrogen and oxygen atoms in total. The van der Waals surface area contributed by atoms with E-state index in [1.165, 1.54) is 12.8 Å². The van der Waals surface area contributed by atoms with Gasteiger partial charge in [0.2, 0.25) is 0 Å². The van der Waals surface area contributed by atoms with Gasteiger partial charge in [-0.2, -0.15) is 0 Å². The number of hydrogen-bond donors (Lipinski definition) is 1. The number of aromatic nitrogens is 2. The van der Waals surface area contributed by atoms with Gasteiger partial charge in [0, 0.05) is 78.8 Å². The summed E-state index contributed by atoms with van der Waals surface area (Å²) in [7, 11) is 1.77. The molecule has 4 heterocycles. The molecule has 2 fully saturated rings. The summed E-state index contributed by atoms with van der Waals surface area (Å²) in [5.41, 5.74) is 5.45. The zero-order valence-electron chi connectivity index (χ0n) is 23.1. The van der Waals surface area contributed by atoms with Crippen LogP contribution in [0.25, 0.3) is 10.9 Å². The van der Waals surface area contributed by atoms with Gasteiger partial charge in [0.05, 0.1) is 18.8 Å². The van der Waals surface area contributed by atoms with Gasteiger partial charge in [-0.15, -0.1) is 0 Å². The minimum Gasteiger partial charge on any atom is -0.379 e. The summed E-state index contributed by atoms with van der Waals surface area (Å²) in [4.78, 5) is 31.5. The van der Waals surface area contributed by atoms with Gasteiger partial charge >= 0.3 is 0 Å². The summed E-state index contributed by atoms with van der Waals surface area (Å²) in [6.07, 6.45) is 8.36. The van der Waals surface area contributed by atoms with Crippen molar-refractivity contribution in [2.75, 3.05) is 51.3 Å². The third-order valence-electron chi connectivity index (χ3n) is 9.18. The highest BCUT2D eigenvalue weighted by Gasteiger charge is 2.42. The van der Waals surface area contributed by atoms with Crippen molar-refractivity contribution in [1.29, 1.82) is 0 Å². The third kappa shape index (κ3) is 3.98. The highest BCUT2D eigenvalue weighted by atomic mass is 16.5. The molecule has 0 atom stereocenters. The quantitative estimate of drug-likeness (QED) is 0.489. The molecule has 3 aromatic rings. The molecule has 200 valence electrons. The molecule has 0 spiro atoms. The fourth-order valence-electron chi connectivity index (χ4n) is 7.11. The molecule has 3 aliphatic rings. The van der Waals surface area contributed by atoms with Crippen LogP contribution in [0.1, 0.15) is 79.2 Å². The summed E-state index contributed by atoms with van der Waals surface area (Å²) in [6.45, 7) is 12.4. The average Bonchev–Trinajstić information content (AvgIpc) is 3.33. The zero-order valence-corrected chi connectivity index (χ0v) is 23.1. The number of ketones is 1. The van der Waals surface area contributed by atoms with E-state index in [0.717, 1.165) is 96.9 Å². The lowest BCUT2D eigenvalue weighted by Crippen LogP contribution is -2.58. The standard InChI is InChI=1S/C31H39N5O2/c1-5-8-31(36-13-15-38-16-14-36)9-11-35(12-10-31)26-18-24-23(20-33-26)28(37)27-22-7-6-21(19-32-4)17-25(22)34-29(27)30(24,2)3/h6-7,17-20,34H,5,8-16H2,1-4H3/b32-19+. The molecule has 2 aliphatic heterocycles. The van der Waals surface area contributed by atoms with E-state index in [1.54, 1.807) is 7.05 Å². The number of rotatable bonds is 5.